The number of likely N-dealkylation sites (N-methyl/N-ethyl adjacent to an activating group) is 1. The van der Waals surface area contributed by atoms with Crippen molar-refractivity contribution in [2.75, 3.05) is 30.4 Å². The van der Waals surface area contributed by atoms with E-state index < -0.39 is 18.5 Å². The summed E-state index contributed by atoms with van der Waals surface area (Å²) in [5, 5.41) is 21.0. The standard InChI is InChI=1S/C23H26N6O5/c1-14(2)34-19-8-20(25-10-17(19)9-24)27-23(33)29-6-4-5-15-7-16(11-28(3)21(32)13-31)18(12-30)26-22(15)29/h7-8,10,12,14,31H,4-6,11,13H2,1-3H3,(H,25,27,33). The first-order valence-corrected chi connectivity index (χ1v) is 10.8. The summed E-state index contributed by atoms with van der Waals surface area (Å²) >= 11 is 0. The Morgan fingerprint density at radius 2 is 2.18 bits per heavy atom. The predicted octanol–water partition coefficient (Wildman–Crippen LogP) is 1.88. The van der Waals surface area contributed by atoms with Crippen LogP contribution in [-0.2, 0) is 17.8 Å². The van der Waals surface area contributed by atoms with Crippen LogP contribution in [0.1, 0.15) is 47.4 Å². The first-order chi connectivity index (χ1) is 16.3. The maximum absolute atomic E-state index is 13.1. The van der Waals surface area contributed by atoms with Crippen molar-refractivity contribution in [3.05, 3.63) is 40.7 Å². The SMILES string of the molecule is CC(C)Oc1cc(NC(=O)N2CCCc3cc(CN(C)C(=O)CO)c(C=O)nc32)ncc1C#N. The number of aliphatic hydroxyl groups is 1. The molecule has 1 aliphatic rings. The van der Waals surface area contributed by atoms with Gasteiger partial charge in [-0.15, -0.1) is 0 Å². The highest BCUT2D eigenvalue weighted by Crippen LogP contribution is 2.29. The monoisotopic (exact) mass is 466 g/mol. The molecular formula is C23H26N6O5. The molecule has 0 spiro atoms. The molecule has 11 nitrogen and oxygen atoms in total. The highest BCUT2D eigenvalue weighted by atomic mass is 16.5. The van der Waals surface area contributed by atoms with Crippen molar-refractivity contribution in [2.45, 2.75) is 39.3 Å². The summed E-state index contributed by atoms with van der Waals surface area (Å²) in [5.74, 6) is 0.405. The molecule has 2 aromatic heterocycles. The maximum Gasteiger partial charge on any atom is 0.328 e. The number of aromatic nitrogens is 2. The number of hydrogen-bond donors (Lipinski definition) is 2. The van der Waals surface area contributed by atoms with Gasteiger partial charge in [0.2, 0.25) is 5.91 Å². The van der Waals surface area contributed by atoms with Gasteiger partial charge in [0, 0.05) is 31.8 Å². The molecule has 178 valence electrons. The molecule has 11 heteroatoms. The van der Waals surface area contributed by atoms with Crippen molar-refractivity contribution in [1.82, 2.24) is 14.9 Å². The molecule has 3 heterocycles. The van der Waals surface area contributed by atoms with Crippen molar-refractivity contribution in [1.29, 1.82) is 5.26 Å². The highest BCUT2D eigenvalue weighted by molar-refractivity contribution is 6.01. The molecule has 3 rings (SSSR count). The second-order valence-corrected chi connectivity index (χ2v) is 8.07. The summed E-state index contributed by atoms with van der Waals surface area (Å²) in [7, 11) is 1.52. The number of aldehydes is 1. The minimum Gasteiger partial charge on any atom is -0.489 e. The van der Waals surface area contributed by atoms with Crippen molar-refractivity contribution < 1.29 is 24.2 Å². The van der Waals surface area contributed by atoms with Crippen LogP contribution in [0.3, 0.4) is 0 Å². The first kappa shape index (κ1) is 24.6. The second kappa shape index (κ2) is 10.7. The fourth-order valence-electron chi connectivity index (χ4n) is 3.57. The van der Waals surface area contributed by atoms with Gasteiger partial charge in [-0.05, 0) is 38.3 Å². The highest BCUT2D eigenvalue weighted by Gasteiger charge is 2.27. The van der Waals surface area contributed by atoms with Crippen LogP contribution in [0.5, 0.6) is 5.75 Å². The number of rotatable bonds is 7. The Hall–Kier alpha value is -4.04. The number of carbonyl (C=O) groups excluding carboxylic acids is 3. The molecule has 34 heavy (non-hydrogen) atoms. The quantitative estimate of drug-likeness (QED) is 0.588. The summed E-state index contributed by atoms with van der Waals surface area (Å²) in [6.07, 6.45) is 3.07. The zero-order chi connectivity index (χ0) is 24.8. The molecule has 0 saturated carbocycles. The minimum absolute atomic E-state index is 0.105. The minimum atomic E-state index is -0.632. The first-order valence-electron chi connectivity index (χ1n) is 10.8. The summed E-state index contributed by atoms with van der Waals surface area (Å²) in [4.78, 5) is 47.7. The molecule has 0 radical (unpaired) electrons. The van der Waals surface area contributed by atoms with Gasteiger partial charge in [-0.1, -0.05) is 0 Å². The van der Waals surface area contributed by atoms with Gasteiger partial charge in [-0.25, -0.2) is 14.8 Å². The number of nitrogens with one attached hydrogen (secondary N) is 1. The van der Waals surface area contributed by atoms with E-state index in [9.17, 15) is 19.6 Å². The summed E-state index contributed by atoms with van der Waals surface area (Å²) in [5.41, 5.74) is 1.66. The number of hydrogen-bond acceptors (Lipinski definition) is 8. The van der Waals surface area contributed by atoms with Crippen LogP contribution in [0.25, 0.3) is 0 Å². The number of urea groups is 1. The topological polar surface area (TPSA) is 149 Å². The van der Waals surface area contributed by atoms with Crippen LogP contribution < -0.4 is 15.0 Å². The van der Waals surface area contributed by atoms with Gasteiger partial charge < -0.3 is 14.7 Å². The van der Waals surface area contributed by atoms with Gasteiger partial charge in [-0.2, -0.15) is 5.26 Å². The van der Waals surface area contributed by atoms with E-state index in [2.05, 4.69) is 15.3 Å². The van der Waals surface area contributed by atoms with Crippen molar-refractivity contribution in [2.24, 2.45) is 0 Å². The molecular weight excluding hydrogens is 440 g/mol. The van der Waals surface area contributed by atoms with E-state index in [0.717, 1.165) is 5.56 Å². The zero-order valence-corrected chi connectivity index (χ0v) is 19.2. The average Bonchev–Trinajstić information content (AvgIpc) is 2.82. The average molecular weight is 466 g/mol. The summed E-state index contributed by atoms with van der Waals surface area (Å²) < 4.78 is 5.64. The number of aryl methyl sites for hydroxylation is 1. The van der Waals surface area contributed by atoms with E-state index in [-0.39, 0.29) is 29.7 Å². The number of amides is 3. The third-order valence-corrected chi connectivity index (χ3v) is 5.18. The summed E-state index contributed by atoms with van der Waals surface area (Å²) in [6, 6.07) is 4.77. The fraction of sp³-hybridized carbons (Fsp3) is 0.391. The van der Waals surface area contributed by atoms with Crippen molar-refractivity contribution >= 4 is 29.9 Å². The molecule has 0 bridgehead atoms. The van der Waals surface area contributed by atoms with Crippen LogP contribution in [0, 0.1) is 11.3 Å². The lowest BCUT2D eigenvalue weighted by Gasteiger charge is -2.29. The Morgan fingerprint density at radius 1 is 1.41 bits per heavy atom. The molecule has 2 N–H and O–H groups in total. The fourth-order valence-corrected chi connectivity index (χ4v) is 3.57. The van der Waals surface area contributed by atoms with Gasteiger partial charge in [-0.3, -0.25) is 19.8 Å². The second-order valence-electron chi connectivity index (χ2n) is 8.07. The van der Waals surface area contributed by atoms with Crippen molar-refractivity contribution in [3.63, 3.8) is 0 Å². The van der Waals surface area contributed by atoms with Gasteiger partial charge in [0.1, 0.15) is 41.3 Å². The third-order valence-electron chi connectivity index (χ3n) is 5.18. The van der Waals surface area contributed by atoms with Crippen LogP contribution in [-0.4, -0.2) is 64.5 Å². The normalized spacial score (nSPS) is 12.5. The molecule has 1 aliphatic heterocycles. The number of pyridine rings is 2. The van der Waals surface area contributed by atoms with E-state index in [1.807, 2.05) is 19.9 Å². The lowest BCUT2D eigenvalue weighted by Crippen LogP contribution is -2.40. The Balaban J connectivity index is 1.86. The van der Waals surface area contributed by atoms with Gasteiger partial charge >= 0.3 is 6.03 Å². The molecule has 0 atom stereocenters. The summed E-state index contributed by atoms with van der Waals surface area (Å²) in [6.45, 7) is 3.51. The number of nitrogens with zero attached hydrogens (tertiary/aromatic N) is 5. The van der Waals surface area contributed by atoms with Crippen LogP contribution in [0.4, 0.5) is 16.4 Å². The van der Waals surface area contributed by atoms with Gasteiger partial charge in [0.15, 0.2) is 6.29 Å². The van der Waals surface area contributed by atoms with E-state index >= 15 is 0 Å². The molecule has 0 fully saturated rings. The van der Waals surface area contributed by atoms with Crippen LogP contribution in [0.15, 0.2) is 18.3 Å². The molecule has 0 aromatic carbocycles. The predicted molar refractivity (Wildman–Crippen MR) is 123 cm³/mol. The smallest absolute Gasteiger partial charge is 0.328 e. The lowest BCUT2D eigenvalue weighted by molar-refractivity contribution is -0.133. The Bertz CT molecular complexity index is 1140. The van der Waals surface area contributed by atoms with Crippen LogP contribution >= 0.6 is 0 Å². The van der Waals surface area contributed by atoms with Crippen LogP contribution in [0.2, 0.25) is 0 Å². The number of ether oxygens (including phenoxy) is 1. The van der Waals surface area contributed by atoms with Crippen molar-refractivity contribution in [3.8, 4) is 11.8 Å². The van der Waals surface area contributed by atoms with Gasteiger partial charge in [0.25, 0.3) is 0 Å². The maximum atomic E-state index is 13.1. The number of fused-ring (bicyclic) bond motifs is 1. The molecule has 0 unspecified atom stereocenters. The number of aliphatic hydroxyl groups excluding tert-OH is 1. The molecule has 3 amide bonds. The Kier molecular flexibility index (Phi) is 7.75. The lowest BCUT2D eigenvalue weighted by atomic mass is 10.0. The molecule has 2 aromatic rings. The third kappa shape index (κ3) is 5.47. The van der Waals surface area contributed by atoms with Gasteiger partial charge in [0.05, 0.1) is 12.3 Å². The Labute approximate surface area is 197 Å². The number of anilines is 2. The Morgan fingerprint density at radius 3 is 2.82 bits per heavy atom. The molecule has 0 aliphatic carbocycles. The van der Waals surface area contributed by atoms with E-state index in [0.29, 0.717) is 42.8 Å². The van der Waals surface area contributed by atoms with E-state index in [1.165, 1.54) is 29.1 Å². The molecule has 0 saturated heterocycles. The largest absolute Gasteiger partial charge is 0.489 e. The van der Waals surface area contributed by atoms with E-state index in [1.54, 1.807) is 6.07 Å². The zero-order valence-electron chi connectivity index (χ0n) is 19.2. The number of nitriles is 1. The number of carbonyl (C=O) groups is 3. The van der Waals surface area contributed by atoms with E-state index in [4.69, 9.17) is 9.84 Å².